The first-order valence-electron chi connectivity index (χ1n) is 8.18. The average molecular weight is 309 g/mol. The summed E-state index contributed by atoms with van der Waals surface area (Å²) in [6.45, 7) is 2.78. The number of rotatable bonds is 2. The number of aliphatic hydroxyl groups excluding tert-OH is 1. The minimum Gasteiger partial charge on any atom is -0.388 e. The third kappa shape index (κ3) is 3.28. The largest absolute Gasteiger partial charge is 0.388 e. The van der Waals surface area contributed by atoms with Crippen molar-refractivity contribution in [1.82, 2.24) is 0 Å². The highest BCUT2D eigenvalue weighted by atomic mass is 35.5. The first-order valence-corrected chi connectivity index (χ1v) is 8.56. The molecule has 0 aromatic heterocycles. The standard InChI is InChI=1S/C18H25ClO2/c1-13-11-14(5-6-16(13)19)17(20)15-7-10-21-18(12-15)8-3-2-4-9-18/h5-6,11,15,17,20H,2-4,7-10,12H2,1H3. The Morgan fingerprint density at radius 1 is 1.29 bits per heavy atom. The molecule has 1 heterocycles. The van der Waals surface area contributed by atoms with E-state index in [1.807, 2.05) is 25.1 Å². The van der Waals surface area contributed by atoms with Crippen LogP contribution in [0.3, 0.4) is 0 Å². The molecular formula is C18H25ClO2. The summed E-state index contributed by atoms with van der Waals surface area (Å²) in [6.07, 6.45) is 7.73. The van der Waals surface area contributed by atoms with Crippen molar-refractivity contribution in [2.45, 2.75) is 63.6 Å². The van der Waals surface area contributed by atoms with Crippen molar-refractivity contribution in [3.8, 4) is 0 Å². The lowest BCUT2D eigenvalue weighted by Crippen LogP contribution is -2.42. The summed E-state index contributed by atoms with van der Waals surface area (Å²) in [7, 11) is 0. The topological polar surface area (TPSA) is 29.5 Å². The van der Waals surface area contributed by atoms with Crippen molar-refractivity contribution >= 4 is 11.6 Å². The predicted molar refractivity (Wildman–Crippen MR) is 85.6 cm³/mol. The average Bonchev–Trinajstić information content (AvgIpc) is 2.50. The van der Waals surface area contributed by atoms with Crippen molar-refractivity contribution in [3.63, 3.8) is 0 Å². The van der Waals surface area contributed by atoms with Crippen LogP contribution in [0.25, 0.3) is 0 Å². The SMILES string of the molecule is Cc1cc(C(O)C2CCOC3(CCCCC3)C2)ccc1Cl. The van der Waals surface area contributed by atoms with Gasteiger partial charge >= 0.3 is 0 Å². The van der Waals surface area contributed by atoms with Gasteiger partial charge in [0.05, 0.1) is 11.7 Å². The van der Waals surface area contributed by atoms with Crippen molar-refractivity contribution in [2.75, 3.05) is 6.61 Å². The Morgan fingerprint density at radius 3 is 2.76 bits per heavy atom. The van der Waals surface area contributed by atoms with Crippen LogP contribution in [0, 0.1) is 12.8 Å². The number of halogens is 1. The quantitative estimate of drug-likeness (QED) is 0.849. The molecule has 1 aliphatic carbocycles. The summed E-state index contributed by atoms with van der Waals surface area (Å²) in [5, 5.41) is 11.5. The Hall–Kier alpha value is -0.570. The third-order valence-corrected chi connectivity index (χ3v) is 5.69. The summed E-state index contributed by atoms with van der Waals surface area (Å²) in [4.78, 5) is 0. The van der Waals surface area contributed by atoms with E-state index in [-0.39, 0.29) is 5.60 Å². The van der Waals surface area contributed by atoms with Crippen LogP contribution >= 0.6 is 11.6 Å². The Labute approximate surface area is 132 Å². The summed E-state index contributed by atoms with van der Waals surface area (Å²) in [6, 6.07) is 5.88. The minimum atomic E-state index is -0.399. The molecule has 1 spiro atoms. The molecule has 1 aromatic rings. The van der Waals surface area contributed by atoms with Crippen LogP contribution in [-0.2, 0) is 4.74 Å². The maximum Gasteiger partial charge on any atom is 0.0820 e. The summed E-state index contributed by atoms with van der Waals surface area (Å²) in [5.74, 6) is 0.303. The molecule has 2 aliphatic rings. The monoisotopic (exact) mass is 308 g/mol. The van der Waals surface area contributed by atoms with Crippen LogP contribution in [0.5, 0.6) is 0 Å². The lowest BCUT2D eigenvalue weighted by atomic mass is 9.74. The number of aryl methyl sites for hydroxylation is 1. The molecule has 1 aromatic carbocycles. The van der Waals surface area contributed by atoms with Crippen LogP contribution in [0.4, 0.5) is 0 Å². The molecular weight excluding hydrogens is 284 g/mol. The highest BCUT2D eigenvalue weighted by Crippen LogP contribution is 2.44. The lowest BCUT2D eigenvalue weighted by molar-refractivity contribution is -0.134. The van der Waals surface area contributed by atoms with Gasteiger partial charge in [-0.15, -0.1) is 0 Å². The van der Waals surface area contributed by atoms with Gasteiger partial charge in [0.2, 0.25) is 0 Å². The van der Waals surface area contributed by atoms with Crippen molar-refractivity contribution < 1.29 is 9.84 Å². The normalized spacial score (nSPS) is 26.7. The van der Waals surface area contributed by atoms with Crippen LogP contribution in [0.1, 0.15) is 62.2 Å². The highest BCUT2D eigenvalue weighted by molar-refractivity contribution is 6.31. The second-order valence-corrected chi connectivity index (χ2v) is 7.21. The Balaban J connectivity index is 1.74. The van der Waals surface area contributed by atoms with Gasteiger partial charge in [0, 0.05) is 11.6 Å². The van der Waals surface area contributed by atoms with Gasteiger partial charge in [-0.2, -0.15) is 0 Å². The first-order chi connectivity index (χ1) is 10.1. The van der Waals surface area contributed by atoms with Gasteiger partial charge in [0.25, 0.3) is 0 Å². The summed E-state index contributed by atoms with van der Waals surface area (Å²) >= 11 is 6.09. The number of aliphatic hydroxyl groups is 1. The van der Waals surface area contributed by atoms with Gasteiger partial charge in [0.1, 0.15) is 0 Å². The van der Waals surface area contributed by atoms with Crippen LogP contribution in [0.2, 0.25) is 5.02 Å². The molecule has 116 valence electrons. The number of hydrogen-bond acceptors (Lipinski definition) is 2. The Morgan fingerprint density at radius 2 is 2.05 bits per heavy atom. The van der Waals surface area contributed by atoms with E-state index in [4.69, 9.17) is 16.3 Å². The van der Waals surface area contributed by atoms with Crippen molar-refractivity contribution in [2.24, 2.45) is 5.92 Å². The van der Waals surface area contributed by atoms with Crippen molar-refractivity contribution in [1.29, 1.82) is 0 Å². The highest BCUT2D eigenvalue weighted by Gasteiger charge is 2.40. The van der Waals surface area contributed by atoms with E-state index in [9.17, 15) is 5.11 Å². The second kappa shape index (κ2) is 6.28. The van der Waals surface area contributed by atoms with E-state index in [2.05, 4.69) is 0 Å². The van der Waals surface area contributed by atoms with Crippen molar-refractivity contribution in [3.05, 3.63) is 34.3 Å². The minimum absolute atomic E-state index is 0.0453. The van der Waals surface area contributed by atoms with Gasteiger partial charge in [-0.05, 0) is 55.7 Å². The maximum absolute atomic E-state index is 10.8. The van der Waals surface area contributed by atoms with E-state index < -0.39 is 6.10 Å². The Kier molecular flexibility index (Phi) is 4.58. The van der Waals surface area contributed by atoms with Gasteiger partial charge in [-0.25, -0.2) is 0 Å². The lowest BCUT2D eigenvalue weighted by Gasteiger charge is -2.44. The molecule has 2 atom stereocenters. The van der Waals surface area contributed by atoms with Crippen LogP contribution in [0.15, 0.2) is 18.2 Å². The molecule has 3 heteroatoms. The molecule has 0 bridgehead atoms. The first kappa shape index (κ1) is 15.3. The fraction of sp³-hybridized carbons (Fsp3) is 0.667. The van der Waals surface area contributed by atoms with Gasteiger partial charge < -0.3 is 9.84 Å². The zero-order chi connectivity index (χ0) is 14.9. The van der Waals surface area contributed by atoms with Gasteiger partial charge in [-0.1, -0.05) is 43.0 Å². The van der Waals surface area contributed by atoms with Gasteiger partial charge in [0.15, 0.2) is 0 Å². The molecule has 0 amide bonds. The van der Waals surface area contributed by atoms with Gasteiger partial charge in [-0.3, -0.25) is 0 Å². The molecule has 0 radical (unpaired) electrons. The summed E-state index contributed by atoms with van der Waals surface area (Å²) < 4.78 is 6.13. The molecule has 21 heavy (non-hydrogen) atoms. The van der Waals surface area contributed by atoms with E-state index in [0.717, 1.165) is 48.4 Å². The van der Waals surface area contributed by atoms with Crippen LogP contribution < -0.4 is 0 Å². The number of ether oxygens (including phenoxy) is 1. The van der Waals surface area contributed by atoms with E-state index in [0.29, 0.717) is 5.92 Å². The molecule has 2 fully saturated rings. The predicted octanol–water partition coefficient (Wildman–Crippen LogP) is 4.81. The number of hydrogen-bond donors (Lipinski definition) is 1. The fourth-order valence-corrected chi connectivity index (χ4v) is 4.12. The van der Waals surface area contributed by atoms with E-state index in [1.54, 1.807) is 0 Å². The molecule has 1 saturated carbocycles. The maximum atomic E-state index is 10.8. The molecule has 1 saturated heterocycles. The molecule has 3 rings (SSSR count). The molecule has 2 unspecified atom stereocenters. The second-order valence-electron chi connectivity index (χ2n) is 6.80. The number of benzene rings is 1. The molecule has 1 aliphatic heterocycles. The smallest absolute Gasteiger partial charge is 0.0820 e. The summed E-state index contributed by atoms with van der Waals surface area (Å²) in [5.41, 5.74) is 2.08. The third-order valence-electron chi connectivity index (χ3n) is 5.27. The molecule has 1 N–H and O–H groups in total. The van der Waals surface area contributed by atoms with E-state index >= 15 is 0 Å². The van der Waals surface area contributed by atoms with E-state index in [1.165, 1.54) is 19.3 Å². The van der Waals surface area contributed by atoms with Crippen LogP contribution in [-0.4, -0.2) is 17.3 Å². The zero-order valence-electron chi connectivity index (χ0n) is 12.8. The Bertz CT molecular complexity index is 488. The zero-order valence-corrected chi connectivity index (χ0v) is 13.5. The molecule has 2 nitrogen and oxygen atoms in total. The fourth-order valence-electron chi connectivity index (χ4n) is 4.00.